The van der Waals surface area contributed by atoms with Gasteiger partial charge >= 0.3 is 0 Å². The number of anilines is 6. The molecule has 12 aromatic rings. The van der Waals surface area contributed by atoms with Crippen LogP contribution in [0.2, 0.25) is 0 Å². The van der Waals surface area contributed by atoms with Gasteiger partial charge in [-0.2, -0.15) is 0 Å². The maximum absolute atomic E-state index is 2.59. The van der Waals surface area contributed by atoms with Crippen molar-refractivity contribution in [3.05, 3.63) is 334 Å². The summed E-state index contributed by atoms with van der Waals surface area (Å²) in [6.07, 6.45) is 0. The van der Waals surface area contributed by atoms with E-state index in [1.165, 1.54) is 123 Å². The third-order valence-corrected chi connectivity index (χ3v) is 19.1. The summed E-state index contributed by atoms with van der Waals surface area (Å²) in [6, 6.07) is 102. The summed E-state index contributed by atoms with van der Waals surface area (Å²) in [7, 11) is 4.76. The van der Waals surface area contributed by atoms with Gasteiger partial charge in [0.25, 0.3) is 0 Å². The molecule has 12 aromatic carbocycles. The van der Waals surface area contributed by atoms with E-state index in [4.69, 9.17) is 0 Å². The molecular formula is C83H74N4+2. The molecule has 0 N–H and O–H groups in total. The molecule has 87 heavy (non-hydrogen) atoms. The molecule has 0 aromatic heterocycles. The highest BCUT2D eigenvalue weighted by atomic mass is 15.4. The summed E-state index contributed by atoms with van der Waals surface area (Å²) in [6.45, 7) is 17.4. The minimum Gasteiger partial charge on any atom is -0.310 e. The number of fused-ring (bicyclic) bond motifs is 10. The Labute approximate surface area is 515 Å². The van der Waals surface area contributed by atoms with Crippen molar-refractivity contribution in [2.75, 3.05) is 23.9 Å². The van der Waals surface area contributed by atoms with Crippen LogP contribution in [-0.4, -0.2) is 14.1 Å². The van der Waals surface area contributed by atoms with Gasteiger partial charge in [0.1, 0.15) is 34.1 Å². The average molecular weight is 1130 g/mol. The highest BCUT2D eigenvalue weighted by Gasteiger charge is 2.54. The largest absolute Gasteiger partial charge is 0.310 e. The molecule has 14 rings (SSSR count). The van der Waals surface area contributed by atoms with Crippen LogP contribution >= 0.6 is 0 Å². The molecule has 0 unspecified atom stereocenters. The average Bonchev–Trinajstić information content (AvgIpc) is 1.51. The van der Waals surface area contributed by atoms with Gasteiger partial charge in [0.2, 0.25) is 0 Å². The lowest BCUT2D eigenvalue weighted by molar-refractivity contribution is 0.622. The maximum Gasteiger partial charge on any atom is 0.143 e. The maximum atomic E-state index is 2.59. The zero-order valence-electron chi connectivity index (χ0n) is 51.7. The number of benzene rings is 12. The molecule has 0 heterocycles. The summed E-state index contributed by atoms with van der Waals surface area (Å²) in [5, 5.41) is 0. The summed E-state index contributed by atoms with van der Waals surface area (Å²) in [5.74, 6) is 0. The van der Waals surface area contributed by atoms with Crippen LogP contribution in [0.5, 0.6) is 0 Å². The normalized spacial score (nSPS) is 12.8. The number of quaternary nitrogens is 2. The van der Waals surface area contributed by atoms with Crippen molar-refractivity contribution in [1.29, 1.82) is 0 Å². The Morgan fingerprint density at radius 3 is 0.632 bits per heavy atom. The third-order valence-electron chi connectivity index (χ3n) is 19.1. The molecule has 0 atom stereocenters. The van der Waals surface area contributed by atoms with Gasteiger partial charge in [0.15, 0.2) is 0 Å². The Hall–Kier alpha value is -9.84. The van der Waals surface area contributed by atoms with E-state index in [1.54, 1.807) is 0 Å². The van der Waals surface area contributed by atoms with Gasteiger partial charge in [-0.15, -0.1) is 0 Å². The third kappa shape index (κ3) is 9.13. The molecule has 0 fully saturated rings. The monoisotopic (exact) mass is 1130 g/mol. The second-order valence-electron chi connectivity index (χ2n) is 25.0. The molecule has 0 bridgehead atoms. The lowest BCUT2D eigenvalue weighted by Crippen LogP contribution is -2.35. The van der Waals surface area contributed by atoms with Crippen molar-refractivity contribution < 1.29 is 0 Å². The lowest BCUT2D eigenvalue weighted by Gasteiger charge is -2.37. The van der Waals surface area contributed by atoms with Crippen molar-refractivity contribution in [2.24, 2.45) is 0 Å². The van der Waals surface area contributed by atoms with Crippen LogP contribution < -0.4 is 18.8 Å². The fraction of sp³-hybridized carbons (Fsp3) is 0.133. The Balaban J connectivity index is 1.12. The van der Waals surface area contributed by atoms with Crippen LogP contribution in [0.4, 0.5) is 68.2 Å². The summed E-state index contributed by atoms with van der Waals surface area (Å²) >= 11 is 0. The van der Waals surface area contributed by atoms with E-state index in [9.17, 15) is 0 Å². The molecule has 0 saturated carbocycles. The van der Waals surface area contributed by atoms with Gasteiger partial charge in [-0.05, 0) is 185 Å². The molecule has 0 amide bonds. The number of hydrogen-bond acceptors (Lipinski definition) is 2. The van der Waals surface area contributed by atoms with Crippen LogP contribution in [0.3, 0.4) is 0 Å². The fourth-order valence-corrected chi connectivity index (χ4v) is 14.0. The van der Waals surface area contributed by atoms with Crippen molar-refractivity contribution in [3.8, 4) is 22.3 Å². The highest BCUT2D eigenvalue weighted by molar-refractivity contribution is 5.99. The molecule has 0 radical (unpaired) electrons. The van der Waals surface area contributed by atoms with Crippen molar-refractivity contribution >= 4 is 68.2 Å². The Morgan fingerprint density at radius 2 is 0.391 bits per heavy atom. The lowest BCUT2D eigenvalue weighted by atomic mass is 9.70. The van der Waals surface area contributed by atoms with Gasteiger partial charge in [0, 0.05) is 107 Å². The number of aryl methyl sites for hydroxylation is 8. The number of rotatable bonds is 12. The van der Waals surface area contributed by atoms with E-state index < -0.39 is 5.41 Å². The summed E-state index contributed by atoms with van der Waals surface area (Å²) in [5.41, 5.74) is 32.7. The first kappa shape index (κ1) is 55.1. The Morgan fingerprint density at radius 1 is 0.207 bits per heavy atom. The predicted molar refractivity (Wildman–Crippen MR) is 370 cm³/mol. The molecule has 1 spiro atoms. The Kier molecular flexibility index (Phi) is 13.5. The van der Waals surface area contributed by atoms with Crippen LogP contribution in [0.15, 0.2) is 267 Å². The molecule has 4 nitrogen and oxygen atoms in total. The van der Waals surface area contributed by atoms with E-state index in [1.807, 2.05) is 0 Å². The van der Waals surface area contributed by atoms with Crippen LogP contribution in [-0.2, 0) is 5.41 Å². The molecule has 424 valence electrons. The van der Waals surface area contributed by atoms with Gasteiger partial charge in [-0.1, -0.05) is 154 Å². The Bertz CT molecular complexity index is 4080. The molecule has 2 aliphatic carbocycles. The van der Waals surface area contributed by atoms with E-state index >= 15 is 0 Å². The van der Waals surface area contributed by atoms with E-state index in [2.05, 4.69) is 346 Å². The molecule has 0 aliphatic heterocycles. The zero-order chi connectivity index (χ0) is 59.9. The van der Waals surface area contributed by atoms with Gasteiger partial charge in [-0.3, -0.25) is 0 Å². The van der Waals surface area contributed by atoms with Crippen LogP contribution in [0.25, 0.3) is 22.3 Å². The molecule has 4 heteroatoms. The fourth-order valence-electron chi connectivity index (χ4n) is 14.0. The minimum absolute atomic E-state index is 0.463. The van der Waals surface area contributed by atoms with Crippen LogP contribution in [0.1, 0.15) is 66.8 Å². The van der Waals surface area contributed by atoms with Crippen molar-refractivity contribution in [2.45, 2.75) is 60.8 Å². The van der Waals surface area contributed by atoms with Gasteiger partial charge in [-0.25, -0.2) is 8.97 Å². The SMILES string of the molecule is Cc1ccc(N(c2ccc(C)cc2)c2ccc3c(c2)C2(c4cc(N(c5ccc(C)cc5)c5ccc(C)cc5)ccc4-c4ccc([N+](C)(c5ccc(C)cc5)c5ccc(C)cc5)cc42)c2cc([N+](C)(c4ccc(C)cc4)c4ccc(C)cc4)ccc2-3)cc1. The zero-order valence-corrected chi connectivity index (χ0v) is 51.7. The van der Waals surface area contributed by atoms with Gasteiger partial charge in [0.05, 0.1) is 19.5 Å². The van der Waals surface area contributed by atoms with E-state index in [-0.39, 0.29) is 0 Å². The predicted octanol–water partition coefficient (Wildman–Crippen LogP) is 22.6. The first-order valence-electron chi connectivity index (χ1n) is 30.6. The smallest absolute Gasteiger partial charge is 0.143 e. The topological polar surface area (TPSA) is 6.48 Å². The first-order chi connectivity index (χ1) is 42.1. The standard InChI is InChI=1S/C83H74N4/c1-55-11-27-63(28-12-55)84(64-29-13-56(2)14-30-64)67-35-47-75-77-49-45-73(86(9,69-37-19-59(5)20-38-69)70-39-21-60(6)22-40-70)53-81(77)83(79(75)51-67)80-52-68(85(65-31-15-57(3)16-32-65)66-33-17-58(4)18-34-66)36-48-76(80)78-50-46-74(54-82(78)83)87(10,71-41-23-61(7)24-42-71)72-43-25-62(8)26-44-72/h11-54H,1-10H3/q+2. The summed E-state index contributed by atoms with van der Waals surface area (Å²) in [4.78, 5) is 4.90. The molecule has 0 saturated heterocycles. The minimum atomic E-state index is -0.845. The second-order valence-corrected chi connectivity index (χ2v) is 25.0. The number of nitrogens with zero attached hydrogens (tertiary/aromatic N) is 4. The first-order valence-corrected chi connectivity index (χ1v) is 30.6. The summed E-state index contributed by atoms with van der Waals surface area (Å²) < 4.78 is 0.925. The quantitative estimate of drug-likeness (QED) is 0.113. The van der Waals surface area contributed by atoms with Crippen molar-refractivity contribution in [1.82, 2.24) is 8.97 Å². The number of hydrogen-bond donors (Lipinski definition) is 0. The second kappa shape index (κ2) is 21.3. The van der Waals surface area contributed by atoms with E-state index in [0.717, 1.165) is 34.1 Å². The van der Waals surface area contributed by atoms with Crippen molar-refractivity contribution in [3.63, 3.8) is 0 Å². The highest BCUT2D eigenvalue weighted by Crippen LogP contribution is 2.66. The van der Waals surface area contributed by atoms with Crippen LogP contribution in [0, 0.1) is 55.4 Å². The van der Waals surface area contributed by atoms with Gasteiger partial charge < -0.3 is 9.80 Å². The molecular weight excluding hydrogens is 1050 g/mol. The van der Waals surface area contributed by atoms with E-state index in [0.29, 0.717) is 8.97 Å². The molecule has 2 aliphatic rings.